The molecule has 0 aromatic heterocycles. The quantitative estimate of drug-likeness (QED) is 0.525. The Morgan fingerprint density at radius 2 is 1.64 bits per heavy atom. The van der Waals surface area contributed by atoms with Crippen molar-refractivity contribution < 1.29 is 0 Å². The average Bonchev–Trinajstić information content (AvgIpc) is 2.22. The van der Waals surface area contributed by atoms with Gasteiger partial charge in [-0.25, -0.2) is 0 Å². The van der Waals surface area contributed by atoms with Crippen molar-refractivity contribution in [3.8, 4) is 0 Å². The summed E-state index contributed by atoms with van der Waals surface area (Å²) in [5.74, 6) is 0.997. The van der Waals surface area contributed by atoms with E-state index in [9.17, 15) is 0 Å². The summed E-state index contributed by atoms with van der Waals surface area (Å²) in [7, 11) is 0. The van der Waals surface area contributed by atoms with E-state index < -0.39 is 0 Å². The van der Waals surface area contributed by atoms with E-state index in [0.717, 1.165) is 12.5 Å². The van der Waals surface area contributed by atoms with Gasteiger partial charge in [-0.2, -0.15) is 0 Å². The maximum absolute atomic E-state index is 3.38. The molecule has 0 spiro atoms. The molecule has 1 heteroatoms. The Kier molecular flexibility index (Phi) is 11.0. The van der Waals surface area contributed by atoms with Crippen molar-refractivity contribution in [1.82, 2.24) is 5.32 Å². The first-order valence-corrected chi connectivity index (χ1v) is 6.55. The first-order chi connectivity index (χ1) is 6.85. The first-order valence-electron chi connectivity index (χ1n) is 6.55. The predicted octanol–water partition coefficient (Wildman–Crippen LogP) is 3.98. The van der Waals surface area contributed by atoms with Gasteiger partial charge in [0.1, 0.15) is 0 Å². The van der Waals surface area contributed by atoms with Crippen LogP contribution in [0.5, 0.6) is 0 Å². The number of hydrogen-bond acceptors (Lipinski definition) is 1. The molecule has 0 aliphatic carbocycles. The third-order valence-electron chi connectivity index (χ3n) is 3.01. The Bertz CT molecular complexity index is 101. The Morgan fingerprint density at radius 3 is 2.21 bits per heavy atom. The van der Waals surface area contributed by atoms with Crippen molar-refractivity contribution in [1.29, 1.82) is 0 Å². The summed E-state index contributed by atoms with van der Waals surface area (Å²) >= 11 is 0. The van der Waals surface area contributed by atoms with E-state index in [2.05, 4.69) is 26.1 Å². The second-order valence-electron chi connectivity index (χ2n) is 4.27. The molecule has 1 nitrogen and oxygen atoms in total. The number of hydrogen-bond donors (Lipinski definition) is 1. The molecule has 0 aromatic rings. The summed E-state index contributed by atoms with van der Waals surface area (Å²) in [4.78, 5) is 0. The van der Waals surface area contributed by atoms with E-state index in [0.29, 0.717) is 0 Å². The van der Waals surface area contributed by atoms with Crippen molar-refractivity contribution in [2.45, 2.75) is 65.7 Å². The molecule has 1 N–H and O–H groups in total. The minimum absolute atomic E-state index is 0.997. The highest BCUT2D eigenvalue weighted by Gasteiger charge is 2.04. The van der Waals surface area contributed by atoms with Crippen LogP contribution in [0, 0.1) is 5.92 Å². The van der Waals surface area contributed by atoms with Gasteiger partial charge in [0.2, 0.25) is 0 Å². The van der Waals surface area contributed by atoms with Crippen LogP contribution in [0.2, 0.25) is 0 Å². The summed E-state index contributed by atoms with van der Waals surface area (Å²) in [6.07, 6.45) is 9.82. The zero-order valence-electron chi connectivity index (χ0n) is 10.4. The molecule has 14 heavy (non-hydrogen) atoms. The highest BCUT2D eigenvalue weighted by atomic mass is 14.8. The molecule has 0 saturated carbocycles. The Hall–Kier alpha value is -0.0400. The van der Waals surface area contributed by atoms with Crippen LogP contribution in [0.3, 0.4) is 0 Å². The average molecular weight is 199 g/mol. The van der Waals surface area contributed by atoms with E-state index >= 15 is 0 Å². The third kappa shape index (κ3) is 8.55. The molecule has 1 atom stereocenters. The highest BCUT2D eigenvalue weighted by Crippen LogP contribution is 2.18. The first kappa shape index (κ1) is 14.0. The second kappa shape index (κ2) is 11.0. The Balaban J connectivity index is 3.24. The molecular formula is C13H29N. The van der Waals surface area contributed by atoms with Crippen molar-refractivity contribution >= 4 is 0 Å². The van der Waals surface area contributed by atoms with Gasteiger partial charge in [0.15, 0.2) is 0 Å². The maximum Gasteiger partial charge on any atom is -0.00490 e. The van der Waals surface area contributed by atoms with Gasteiger partial charge >= 0.3 is 0 Å². The number of nitrogens with one attached hydrogen (secondary N) is 1. The number of unbranched alkanes of at least 4 members (excludes halogenated alkanes) is 2. The Labute approximate surface area is 90.7 Å². The predicted molar refractivity (Wildman–Crippen MR) is 65.7 cm³/mol. The minimum atomic E-state index is 0.997. The van der Waals surface area contributed by atoms with Crippen molar-refractivity contribution in [3.05, 3.63) is 0 Å². The summed E-state index contributed by atoms with van der Waals surface area (Å²) in [5, 5.41) is 3.38. The van der Waals surface area contributed by atoms with E-state index in [-0.39, 0.29) is 0 Å². The molecule has 0 aliphatic heterocycles. The van der Waals surface area contributed by atoms with Crippen LogP contribution in [-0.4, -0.2) is 13.1 Å². The lowest BCUT2D eigenvalue weighted by Gasteiger charge is -2.13. The molecule has 0 saturated heterocycles. The van der Waals surface area contributed by atoms with Gasteiger partial charge < -0.3 is 5.32 Å². The minimum Gasteiger partial charge on any atom is -0.317 e. The van der Waals surface area contributed by atoms with Crippen LogP contribution in [0.4, 0.5) is 0 Å². The zero-order valence-corrected chi connectivity index (χ0v) is 10.4. The molecule has 0 amide bonds. The van der Waals surface area contributed by atoms with Gasteiger partial charge in [-0.05, 0) is 25.4 Å². The summed E-state index contributed by atoms with van der Waals surface area (Å²) in [5.41, 5.74) is 0. The normalized spacial score (nSPS) is 13.1. The lowest BCUT2D eigenvalue weighted by Crippen LogP contribution is -2.14. The maximum atomic E-state index is 3.38. The topological polar surface area (TPSA) is 12.0 Å². The summed E-state index contributed by atoms with van der Waals surface area (Å²) in [6.45, 7) is 9.13. The molecule has 1 unspecified atom stereocenters. The van der Waals surface area contributed by atoms with Gasteiger partial charge in [-0.1, -0.05) is 59.3 Å². The van der Waals surface area contributed by atoms with Crippen molar-refractivity contribution in [2.75, 3.05) is 13.1 Å². The van der Waals surface area contributed by atoms with Gasteiger partial charge in [0, 0.05) is 0 Å². The van der Waals surface area contributed by atoms with E-state index in [1.165, 1.54) is 51.5 Å². The van der Waals surface area contributed by atoms with Gasteiger partial charge in [-0.3, -0.25) is 0 Å². The molecule has 0 bridgehead atoms. The van der Waals surface area contributed by atoms with Crippen molar-refractivity contribution in [2.24, 2.45) is 5.92 Å². The van der Waals surface area contributed by atoms with Gasteiger partial charge in [0.25, 0.3) is 0 Å². The summed E-state index contributed by atoms with van der Waals surface area (Å²) in [6, 6.07) is 0. The fourth-order valence-electron chi connectivity index (χ4n) is 1.91. The van der Waals surface area contributed by atoms with E-state index in [1.54, 1.807) is 0 Å². The van der Waals surface area contributed by atoms with Crippen molar-refractivity contribution in [3.63, 3.8) is 0 Å². The largest absolute Gasteiger partial charge is 0.317 e. The second-order valence-corrected chi connectivity index (χ2v) is 4.27. The zero-order chi connectivity index (χ0) is 10.6. The molecule has 0 fully saturated rings. The highest BCUT2D eigenvalue weighted by molar-refractivity contribution is 4.58. The molecule has 86 valence electrons. The van der Waals surface area contributed by atoms with Crippen LogP contribution < -0.4 is 5.32 Å². The smallest absolute Gasteiger partial charge is 0.00490 e. The van der Waals surface area contributed by atoms with E-state index in [1.807, 2.05) is 0 Å². The third-order valence-corrected chi connectivity index (χ3v) is 3.01. The van der Waals surface area contributed by atoms with E-state index in [4.69, 9.17) is 0 Å². The molecule has 0 rings (SSSR count). The van der Waals surface area contributed by atoms with Gasteiger partial charge in [-0.15, -0.1) is 0 Å². The Morgan fingerprint density at radius 1 is 0.929 bits per heavy atom. The fraction of sp³-hybridized carbons (Fsp3) is 1.00. The molecular weight excluding hydrogens is 170 g/mol. The van der Waals surface area contributed by atoms with Gasteiger partial charge in [0.05, 0.1) is 0 Å². The monoisotopic (exact) mass is 199 g/mol. The standard InChI is InChI=1S/C13H29N/c1-4-7-10-13(5-2)11-8-9-12-14-6-3/h13-14H,4-12H2,1-3H3. The van der Waals surface area contributed by atoms with Crippen LogP contribution >= 0.6 is 0 Å². The molecule has 0 heterocycles. The SMILES string of the molecule is CCCCC(CC)CCCCNCC. The van der Waals surface area contributed by atoms with Crippen LogP contribution in [0.15, 0.2) is 0 Å². The van der Waals surface area contributed by atoms with Crippen LogP contribution in [0.1, 0.15) is 65.7 Å². The molecule has 0 aliphatic rings. The molecule has 0 aromatic carbocycles. The number of rotatable bonds is 10. The fourth-order valence-corrected chi connectivity index (χ4v) is 1.91. The van der Waals surface area contributed by atoms with Crippen LogP contribution in [0.25, 0.3) is 0 Å². The lowest BCUT2D eigenvalue weighted by atomic mass is 9.94. The lowest BCUT2D eigenvalue weighted by molar-refractivity contribution is 0.402. The van der Waals surface area contributed by atoms with Crippen LogP contribution in [-0.2, 0) is 0 Å². The summed E-state index contributed by atoms with van der Waals surface area (Å²) < 4.78 is 0. The molecule has 0 radical (unpaired) electrons.